The maximum atomic E-state index is 13.5. The van der Waals surface area contributed by atoms with Crippen molar-refractivity contribution >= 4 is 32.6 Å². The number of fused-ring (bicyclic) bond motifs is 1. The molecule has 0 fully saturated rings. The van der Waals surface area contributed by atoms with E-state index in [2.05, 4.69) is 29.1 Å². The normalized spacial score (nSPS) is 11.0. The van der Waals surface area contributed by atoms with Crippen LogP contribution in [0.1, 0.15) is 27.2 Å². The van der Waals surface area contributed by atoms with Gasteiger partial charge in [-0.15, -0.1) is 5.10 Å². The summed E-state index contributed by atoms with van der Waals surface area (Å²) in [5, 5.41) is 4.84. The van der Waals surface area contributed by atoms with Crippen LogP contribution in [0.2, 0.25) is 0 Å². The number of rotatable bonds is 5. The summed E-state index contributed by atoms with van der Waals surface area (Å²) in [7, 11) is 3.26. The molecule has 29 heavy (non-hydrogen) atoms. The van der Waals surface area contributed by atoms with E-state index in [4.69, 9.17) is 9.72 Å². The second-order valence-electron chi connectivity index (χ2n) is 6.86. The van der Waals surface area contributed by atoms with E-state index in [1.807, 2.05) is 25.1 Å². The van der Waals surface area contributed by atoms with Gasteiger partial charge in [-0.25, -0.2) is 4.98 Å². The number of hydrogen-bond acceptors (Lipinski definition) is 6. The third kappa shape index (κ3) is 3.71. The molecule has 1 aromatic carbocycles. The van der Waals surface area contributed by atoms with Crippen LogP contribution >= 0.6 is 11.3 Å². The number of aromatic nitrogens is 4. The fraction of sp³-hybridized carbons (Fsp3) is 0.238. The lowest BCUT2D eigenvalue weighted by molar-refractivity contribution is 0.0982. The van der Waals surface area contributed by atoms with Gasteiger partial charge in [0, 0.05) is 19.4 Å². The first-order valence-electron chi connectivity index (χ1n) is 9.13. The molecule has 8 heteroatoms. The molecular formula is C21H21N5O2S. The predicted molar refractivity (Wildman–Crippen MR) is 114 cm³/mol. The second-order valence-corrected chi connectivity index (χ2v) is 7.87. The summed E-state index contributed by atoms with van der Waals surface area (Å²) in [4.78, 5) is 24.3. The van der Waals surface area contributed by atoms with Gasteiger partial charge >= 0.3 is 0 Å². The van der Waals surface area contributed by atoms with Crippen molar-refractivity contribution in [2.24, 2.45) is 7.05 Å². The SMILES string of the molecule is COc1nn(C)cc1C(=O)N(Cc1ccccn1)c1nc2c(C)cc(C)cc2s1. The number of thiazole rings is 1. The van der Waals surface area contributed by atoms with Crippen LogP contribution < -0.4 is 9.64 Å². The third-order valence-electron chi connectivity index (χ3n) is 4.56. The van der Waals surface area contributed by atoms with Crippen molar-refractivity contribution in [2.45, 2.75) is 20.4 Å². The van der Waals surface area contributed by atoms with Gasteiger partial charge in [0.25, 0.3) is 5.91 Å². The molecule has 0 bridgehead atoms. The number of benzene rings is 1. The first-order valence-corrected chi connectivity index (χ1v) is 9.95. The van der Waals surface area contributed by atoms with E-state index in [9.17, 15) is 4.79 Å². The van der Waals surface area contributed by atoms with Crippen LogP contribution in [0, 0.1) is 13.8 Å². The van der Waals surface area contributed by atoms with E-state index in [1.165, 1.54) is 24.0 Å². The minimum atomic E-state index is -0.228. The van der Waals surface area contributed by atoms with Crippen molar-refractivity contribution in [3.63, 3.8) is 0 Å². The molecule has 3 heterocycles. The van der Waals surface area contributed by atoms with Gasteiger partial charge in [-0.05, 0) is 43.2 Å². The van der Waals surface area contributed by atoms with Crippen molar-refractivity contribution in [3.05, 3.63) is 65.1 Å². The number of aryl methyl sites for hydroxylation is 3. The second kappa shape index (κ2) is 7.63. The van der Waals surface area contributed by atoms with E-state index in [-0.39, 0.29) is 11.8 Å². The molecule has 7 nitrogen and oxygen atoms in total. The molecule has 0 aliphatic heterocycles. The van der Waals surface area contributed by atoms with Gasteiger partial charge in [-0.3, -0.25) is 19.4 Å². The highest BCUT2D eigenvalue weighted by Crippen LogP contribution is 2.33. The number of pyridine rings is 1. The van der Waals surface area contributed by atoms with Crippen LogP contribution in [0.3, 0.4) is 0 Å². The lowest BCUT2D eigenvalue weighted by atomic mass is 10.1. The number of carbonyl (C=O) groups is 1. The maximum absolute atomic E-state index is 13.5. The molecule has 0 unspecified atom stereocenters. The zero-order valence-corrected chi connectivity index (χ0v) is 17.5. The molecule has 0 atom stereocenters. The van der Waals surface area contributed by atoms with Crippen molar-refractivity contribution in [2.75, 3.05) is 12.0 Å². The summed E-state index contributed by atoms with van der Waals surface area (Å²) in [5.74, 6) is 0.0608. The minimum Gasteiger partial charge on any atom is -0.479 e. The number of amides is 1. The molecule has 3 aromatic heterocycles. The number of ether oxygens (including phenoxy) is 1. The van der Waals surface area contributed by atoms with Crippen LogP contribution in [-0.4, -0.2) is 32.8 Å². The number of anilines is 1. The molecule has 4 aromatic rings. The maximum Gasteiger partial charge on any atom is 0.267 e. The molecule has 0 saturated heterocycles. The van der Waals surface area contributed by atoms with E-state index in [1.54, 1.807) is 29.0 Å². The number of methoxy groups -OCH3 is 1. The van der Waals surface area contributed by atoms with E-state index >= 15 is 0 Å². The summed E-state index contributed by atoms with van der Waals surface area (Å²) in [6.07, 6.45) is 3.38. The van der Waals surface area contributed by atoms with Crippen LogP contribution in [0.5, 0.6) is 5.88 Å². The molecular weight excluding hydrogens is 386 g/mol. The smallest absolute Gasteiger partial charge is 0.267 e. The van der Waals surface area contributed by atoms with Gasteiger partial charge in [0.05, 0.1) is 29.6 Å². The molecule has 0 spiro atoms. The highest BCUT2D eigenvalue weighted by molar-refractivity contribution is 7.22. The first kappa shape index (κ1) is 19.1. The highest BCUT2D eigenvalue weighted by atomic mass is 32.1. The summed E-state index contributed by atoms with van der Waals surface area (Å²) < 4.78 is 7.92. The van der Waals surface area contributed by atoms with E-state index < -0.39 is 0 Å². The standard InChI is InChI=1S/C21H21N5O2S/c1-13-9-14(2)18-17(10-13)29-21(23-18)26(11-15-7-5-6-8-22-15)20(27)16-12-25(3)24-19(16)28-4/h5-10,12H,11H2,1-4H3. The largest absolute Gasteiger partial charge is 0.479 e. The quantitative estimate of drug-likeness (QED) is 0.502. The lowest BCUT2D eigenvalue weighted by Crippen LogP contribution is -2.30. The van der Waals surface area contributed by atoms with Gasteiger partial charge in [0.15, 0.2) is 5.13 Å². The zero-order valence-electron chi connectivity index (χ0n) is 16.7. The monoisotopic (exact) mass is 407 g/mol. The zero-order chi connectivity index (χ0) is 20.5. The van der Waals surface area contributed by atoms with Crippen molar-refractivity contribution < 1.29 is 9.53 Å². The Morgan fingerprint density at radius 3 is 2.83 bits per heavy atom. The van der Waals surface area contributed by atoms with Gasteiger partial charge in [-0.2, -0.15) is 0 Å². The first-order chi connectivity index (χ1) is 14.0. The van der Waals surface area contributed by atoms with Crippen molar-refractivity contribution in [1.29, 1.82) is 0 Å². The minimum absolute atomic E-state index is 0.228. The van der Waals surface area contributed by atoms with Crippen LogP contribution in [0.15, 0.2) is 42.7 Å². The average molecular weight is 407 g/mol. The van der Waals surface area contributed by atoms with Crippen LogP contribution in [-0.2, 0) is 13.6 Å². The molecule has 0 aliphatic rings. The number of nitrogens with zero attached hydrogens (tertiary/aromatic N) is 5. The summed E-state index contributed by atoms with van der Waals surface area (Å²) in [5.41, 5.74) is 4.33. The Morgan fingerprint density at radius 1 is 1.28 bits per heavy atom. The van der Waals surface area contributed by atoms with Crippen molar-refractivity contribution in [1.82, 2.24) is 19.7 Å². The molecule has 0 saturated carbocycles. The Labute approximate surface area is 172 Å². The molecule has 0 radical (unpaired) electrons. The molecule has 0 N–H and O–H groups in total. The van der Waals surface area contributed by atoms with Crippen LogP contribution in [0.25, 0.3) is 10.2 Å². The third-order valence-corrected chi connectivity index (χ3v) is 5.58. The van der Waals surface area contributed by atoms with E-state index in [0.717, 1.165) is 21.5 Å². The van der Waals surface area contributed by atoms with Gasteiger partial charge < -0.3 is 4.74 Å². The Hall–Kier alpha value is -3.26. The number of hydrogen-bond donors (Lipinski definition) is 0. The Kier molecular flexibility index (Phi) is 5.02. The fourth-order valence-corrected chi connectivity index (χ4v) is 4.40. The molecule has 1 amide bonds. The predicted octanol–water partition coefficient (Wildman–Crippen LogP) is 3.90. The fourth-order valence-electron chi connectivity index (χ4n) is 3.27. The van der Waals surface area contributed by atoms with Crippen molar-refractivity contribution in [3.8, 4) is 5.88 Å². The Bertz CT molecular complexity index is 1180. The molecule has 4 rings (SSSR count). The molecule has 0 aliphatic carbocycles. The summed E-state index contributed by atoms with van der Waals surface area (Å²) in [6, 6.07) is 9.84. The topological polar surface area (TPSA) is 73.1 Å². The van der Waals surface area contributed by atoms with Gasteiger partial charge in [0.2, 0.25) is 5.88 Å². The molecule has 148 valence electrons. The Morgan fingerprint density at radius 2 is 2.10 bits per heavy atom. The summed E-state index contributed by atoms with van der Waals surface area (Å²) in [6.45, 7) is 4.40. The average Bonchev–Trinajstić information content (AvgIpc) is 3.29. The summed E-state index contributed by atoms with van der Waals surface area (Å²) >= 11 is 1.49. The van der Waals surface area contributed by atoms with Crippen LogP contribution in [0.4, 0.5) is 5.13 Å². The number of carbonyl (C=O) groups excluding carboxylic acids is 1. The van der Waals surface area contributed by atoms with Gasteiger partial charge in [-0.1, -0.05) is 23.5 Å². The van der Waals surface area contributed by atoms with Gasteiger partial charge in [0.1, 0.15) is 5.56 Å². The Balaban J connectivity index is 1.82. The highest BCUT2D eigenvalue weighted by Gasteiger charge is 2.27. The lowest BCUT2D eigenvalue weighted by Gasteiger charge is -2.19. The van der Waals surface area contributed by atoms with E-state index in [0.29, 0.717) is 17.2 Å².